The number of carbonyl (C=O) groups excluding carboxylic acids is 1. The van der Waals surface area contributed by atoms with E-state index >= 15 is 0 Å². The van der Waals surface area contributed by atoms with Gasteiger partial charge in [-0.3, -0.25) is 4.79 Å². The van der Waals surface area contributed by atoms with Crippen LogP contribution in [-0.2, 0) is 10.2 Å². The minimum absolute atomic E-state index is 0.0232. The highest BCUT2D eigenvalue weighted by Crippen LogP contribution is 2.38. The van der Waals surface area contributed by atoms with Gasteiger partial charge in [-0.25, -0.2) is 0 Å². The van der Waals surface area contributed by atoms with Gasteiger partial charge in [0, 0.05) is 13.0 Å². The summed E-state index contributed by atoms with van der Waals surface area (Å²) < 4.78 is 0.788. The molecule has 0 aromatic heterocycles. The molecule has 0 saturated carbocycles. The molecule has 138 valence electrons. The minimum atomic E-state index is -0.740. The van der Waals surface area contributed by atoms with E-state index in [0.717, 1.165) is 15.6 Å². The van der Waals surface area contributed by atoms with E-state index in [0.29, 0.717) is 13.0 Å². The number of quaternary nitrogens is 1. The smallest absolute Gasteiger partial charge is 0.235 e. The normalized spacial score (nSPS) is 13.1. The van der Waals surface area contributed by atoms with Crippen molar-refractivity contribution in [1.82, 2.24) is 5.32 Å². The van der Waals surface area contributed by atoms with Crippen LogP contribution in [0.4, 0.5) is 0 Å². The Labute approximate surface area is 157 Å². The van der Waals surface area contributed by atoms with Crippen LogP contribution < -0.4 is 5.32 Å². The standard InChI is InChI=1S/C23H30N2O/c1-6-17-24-22(26)23(18-19(2)25(3,4)5,20-13-9-7-10-14-20)21-15-11-8-12-16-21/h6-16,19H,1,17-18H2,2-5H3/p+1. The van der Waals surface area contributed by atoms with Gasteiger partial charge in [-0.2, -0.15) is 0 Å². The van der Waals surface area contributed by atoms with Gasteiger partial charge in [-0.1, -0.05) is 66.7 Å². The lowest BCUT2D eigenvalue weighted by atomic mass is 9.69. The highest BCUT2D eigenvalue weighted by Gasteiger charge is 2.45. The molecule has 0 spiro atoms. The molecule has 1 atom stereocenters. The average Bonchev–Trinajstić information content (AvgIpc) is 2.64. The van der Waals surface area contributed by atoms with Crippen molar-refractivity contribution in [2.75, 3.05) is 27.7 Å². The molecule has 3 heteroatoms. The predicted octanol–water partition coefficient (Wildman–Crippen LogP) is 3.76. The molecule has 1 amide bonds. The number of carbonyl (C=O) groups is 1. The maximum atomic E-state index is 13.5. The minimum Gasteiger partial charge on any atom is -0.352 e. The number of amides is 1. The number of nitrogens with zero attached hydrogens (tertiary/aromatic N) is 1. The highest BCUT2D eigenvalue weighted by atomic mass is 16.2. The number of rotatable bonds is 8. The zero-order valence-electron chi connectivity index (χ0n) is 16.4. The fourth-order valence-electron chi connectivity index (χ4n) is 3.24. The summed E-state index contributed by atoms with van der Waals surface area (Å²) in [4.78, 5) is 13.5. The van der Waals surface area contributed by atoms with Gasteiger partial charge >= 0.3 is 0 Å². The highest BCUT2D eigenvalue weighted by molar-refractivity contribution is 5.92. The van der Waals surface area contributed by atoms with Crippen LogP contribution in [0.2, 0.25) is 0 Å². The summed E-state index contributed by atoms with van der Waals surface area (Å²) in [6, 6.07) is 20.5. The summed E-state index contributed by atoms with van der Waals surface area (Å²) in [5, 5.41) is 3.06. The van der Waals surface area contributed by atoms with Crippen molar-refractivity contribution < 1.29 is 9.28 Å². The maximum absolute atomic E-state index is 13.5. The summed E-state index contributed by atoms with van der Waals surface area (Å²) in [5.41, 5.74) is 1.30. The van der Waals surface area contributed by atoms with Gasteiger partial charge in [0.2, 0.25) is 5.91 Å². The Bertz CT molecular complexity index is 677. The second kappa shape index (κ2) is 8.33. The molecular weight excluding hydrogens is 320 g/mol. The molecule has 26 heavy (non-hydrogen) atoms. The van der Waals surface area contributed by atoms with Gasteiger partial charge in [0.15, 0.2) is 0 Å². The molecule has 2 rings (SSSR count). The van der Waals surface area contributed by atoms with Crippen LogP contribution in [0.15, 0.2) is 73.3 Å². The lowest BCUT2D eigenvalue weighted by Gasteiger charge is -2.40. The number of hydrogen-bond acceptors (Lipinski definition) is 1. The molecule has 1 unspecified atom stereocenters. The molecule has 3 nitrogen and oxygen atoms in total. The number of benzene rings is 2. The van der Waals surface area contributed by atoms with Crippen LogP contribution >= 0.6 is 0 Å². The van der Waals surface area contributed by atoms with Gasteiger partial charge in [0.05, 0.1) is 27.2 Å². The Kier molecular flexibility index (Phi) is 6.38. The Hall–Kier alpha value is -2.39. The fraction of sp³-hybridized carbons (Fsp3) is 0.348. The summed E-state index contributed by atoms with van der Waals surface area (Å²) in [6.45, 7) is 6.41. The summed E-state index contributed by atoms with van der Waals surface area (Å²) in [6.07, 6.45) is 2.44. The van der Waals surface area contributed by atoms with E-state index < -0.39 is 5.41 Å². The van der Waals surface area contributed by atoms with Crippen molar-refractivity contribution in [3.63, 3.8) is 0 Å². The van der Waals surface area contributed by atoms with E-state index in [1.54, 1.807) is 6.08 Å². The number of hydrogen-bond donors (Lipinski definition) is 1. The SMILES string of the molecule is C=CCNC(=O)C(CC(C)[N+](C)(C)C)(c1ccccc1)c1ccccc1. The van der Waals surface area contributed by atoms with E-state index in [9.17, 15) is 4.79 Å². The molecule has 2 aromatic rings. The maximum Gasteiger partial charge on any atom is 0.235 e. The first-order chi connectivity index (χ1) is 12.3. The van der Waals surface area contributed by atoms with E-state index in [1.807, 2.05) is 36.4 Å². The average molecular weight is 352 g/mol. The molecule has 2 aromatic carbocycles. The molecule has 0 saturated heterocycles. The lowest BCUT2D eigenvalue weighted by Crippen LogP contribution is -2.52. The molecule has 0 radical (unpaired) electrons. The number of nitrogens with one attached hydrogen (secondary N) is 1. The molecule has 1 N–H and O–H groups in total. The summed E-state index contributed by atoms with van der Waals surface area (Å²) >= 11 is 0. The second-order valence-corrected chi connectivity index (χ2v) is 7.81. The van der Waals surface area contributed by atoms with E-state index in [2.05, 4.69) is 64.2 Å². The van der Waals surface area contributed by atoms with Crippen LogP contribution in [0.5, 0.6) is 0 Å². The van der Waals surface area contributed by atoms with Crippen LogP contribution in [0.3, 0.4) is 0 Å². The molecule has 0 heterocycles. The third-order valence-electron chi connectivity index (χ3n) is 5.25. The Morgan fingerprint density at radius 1 is 1.04 bits per heavy atom. The first kappa shape index (κ1) is 19.9. The van der Waals surface area contributed by atoms with Crippen LogP contribution in [0.1, 0.15) is 24.5 Å². The quantitative estimate of drug-likeness (QED) is 0.569. The molecular formula is C23H31N2O+. The van der Waals surface area contributed by atoms with Crippen molar-refractivity contribution >= 4 is 5.91 Å². The Morgan fingerprint density at radius 2 is 1.50 bits per heavy atom. The monoisotopic (exact) mass is 351 g/mol. The van der Waals surface area contributed by atoms with Crippen LogP contribution in [0, 0.1) is 0 Å². The molecule has 0 aliphatic rings. The lowest BCUT2D eigenvalue weighted by molar-refractivity contribution is -0.894. The zero-order chi connectivity index (χ0) is 19.2. The van der Waals surface area contributed by atoms with E-state index in [1.165, 1.54) is 0 Å². The predicted molar refractivity (Wildman–Crippen MR) is 109 cm³/mol. The largest absolute Gasteiger partial charge is 0.352 e. The van der Waals surface area contributed by atoms with Gasteiger partial charge in [-0.15, -0.1) is 6.58 Å². The fourth-order valence-corrected chi connectivity index (χ4v) is 3.24. The summed E-state index contributed by atoms with van der Waals surface area (Å²) in [7, 11) is 6.52. The molecule has 0 bridgehead atoms. The Morgan fingerprint density at radius 3 is 1.88 bits per heavy atom. The first-order valence-electron chi connectivity index (χ1n) is 9.13. The van der Waals surface area contributed by atoms with Gasteiger partial charge in [0.1, 0.15) is 5.41 Å². The van der Waals surface area contributed by atoms with Crippen molar-refractivity contribution in [2.45, 2.75) is 24.8 Å². The third kappa shape index (κ3) is 4.23. The van der Waals surface area contributed by atoms with Crippen molar-refractivity contribution in [2.24, 2.45) is 0 Å². The topological polar surface area (TPSA) is 29.1 Å². The van der Waals surface area contributed by atoms with Crippen LogP contribution in [0.25, 0.3) is 0 Å². The summed E-state index contributed by atoms with van der Waals surface area (Å²) in [5.74, 6) is 0.0232. The molecule has 0 aliphatic heterocycles. The van der Waals surface area contributed by atoms with Crippen molar-refractivity contribution in [1.29, 1.82) is 0 Å². The Balaban J connectivity index is 2.66. The van der Waals surface area contributed by atoms with Gasteiger partial charge in [-0.05, 0) is 18.1 Å². The zero-order valence-corrected chi connectivity index (χ0v) is 16.4. The van der Waals surface area contributed by atoms with Crippen molar-refractivity contribution in [3.8, 4) is 0 Å². The van der Waals surface area contributed by atoms with Crippen LogP contribution in [-0.4, -0.2) is 44.1 Å². The van der Waals surface area contributed by atoms with Gasteiger partial charge < -0.3 is 9.80 Å². The second-order valence-electron chi connectivity index (χ2n) is 7.81. The molecule has 0 fully saturated rings. The van der Waals surface area contributed by atoms with E-state index in [4.69, 9.17) is 0 Å². The van der Waals surface area contributed by atoms with E-state index in [-0.39, 0.29) is 11.9 Å². The third-order valence-corrected chi connectivity index (χ3v) is 5.25. The first-order valence-corrected chi connectivity index (χ1v) is 9.13. The van der Waals surface area contributed by atoms with Gasteiger partial charge in [0.25, 0.3) is 0 Å². The molecule has 0 aliphatic carbocycles. The van der Waals surface area contributed by atoms with Crippen molar-refractivity contribution in [3.05, 3.63) is 84.4 Å².